The van der Waals surface area contributed by atoms with Gasteiger partial charge in [-0.2, -0.15) is 0 Å². The van der Waals surface area contributed by atoms with Crippen LogP contribution in [0.15, 0.2) is 0 Å². The molecule has 15 heavy (non-hydrogen) atoms. The third kappa shape index (κ3) is 2.73. The minimum atomic E-state index is 0.691. The van der Waals surface area contributed by atoms with E-state index in [0.29, 0.717) is 12.1 Å². The van der Waals surface area contributed by atoms with Crippen LogP contribution < -0.4 is 5.84 Å². The van der Waals surface area contributed by atoms with E-state index in [1.807, 2.05) is 0 Å². The van der Waals surface area contributed by atoms with Gasteiger partial charge in [0.25, 0.3) is 0 Å². The van der Waals surface area contributed by atoms with Crippen molar-refractivity contribution in [2.24, 2.45) is 11.8 Å². The summed E-state index contributed by atoms with van der Waals surface area (Å²) in [5.74, 6) is 7.26. The first-order valence-corrected chi connectivity index (χ1v) is 6.84. The lowest BCUT2D eigenvalue weighted by molar-refractivity contribution is 0.0923. The number of rotatable bonds is 3. The predicted molar refractivity (Wildman–Crippen MR) is 64.3 cm³/mol. The van der Waals surface area contributed by atoms with Crippen LogP contribution in [0.25, 0.3) is 0 Å². The lowest BCUT2D eigenvalue weighted by atomic mass is 9.84. The van der Waals surface area contributed by atoms with Gasteiger partial charge in [0.1, 0.15) is 0 Å². The SMILES string of the molecule is CCC1CCC(N(N)C2CCCC2)CC1. The highest BCUT2D eigenvalue weighted by atomic mass is 15.4. The van der Waals surface area contributed by atoms with Gasteiger partial charge in [0.05, 0.1) is 0 Å². The molecule has 2 nitrogen and oxygen atoms in total. The van der Waals surface area contributed by atoms with Gasteiger partial charge in [0, 0.05) is 12.1 Å². The van der Waals surface area contributed by atoms with Crippen molar-refractivity contribution in [1.29, 1.82) is 0 Å². The summed E-state index contributed by atoms with van der Waals surface area (Å²) in [7, 11) is 0. The van der Waals surface area contributed by atoms with E-state index in [-0.39, 0.29) is 0 Å². The van der Waals surface area contributed by atoms with E-state index < -0.39 is 0 Å². The van der Waals surface area contributed by atoms with Crippen molar-refractivity contribution in [2.45, 2.75) is 76.8 Å². The Balaban J connectivity index is 1.78. The van der Waals surface area contributed by atoms with Crippen molar-refractivity contribution in [1.82, 2.24) is 5.01 Å². The third-order valence-electron chi connectivity index (χ3n) is 4.56. The summed E-state index contributed by atoms with van der Waals surface area (Å²) in [6.07, 6.45) is 12.3. The van der Waals surface area contributed by atoms with E-state index in [9.17, 15) is 0 Å². The van der Waals surface area contributed by atoms with E-state index in [4.69, 9.17) is 5.84 Å². The maximum atomic E-state index is 6.27. The number of hydrazine groups is 1. The van der Waals surface area contributed by atoms with Crippen LogP contribution in [0.2, 0.25) is 0 Å². The summed E-state index contributed by atoms with van der Waals surface area (Å²) in [4.78, 5) is 0. The topological polar surface area (TPSA) is 29.3 Å². The molecule has 0 unspecified atom stereocenters. The zero-order valence-electron chi connectivity index (χ0n) is 10.1. The van der Waals surface area contributed by atoms with Crippen molar-refractivity contribution in [2.75, 3.05) is 0 Å². The molecule has 0 heterocycles. The molecule has 2 aliphatic rings. The molecule has 2 fully saturated rings. The highest BCUT2D eigenvalue weighted by molar-refractivity contribution is 4.83. The van der Waals surface area contributed by atoms with E-state index in [1.165, 1.54) is 57.8 Å². The minimum Gasteiger partial charge on any atom is -0.268 e. The fourth-order valence-electron chi connectivity index (χ4n) is 3.35. The maximum Gasteiger partial charge on any atom is 0.0244 e. The second kappa shape index (κ2) is 5.31. The van der Waals surface area contributed by atoms with Gasteiger partial charge in [-0.1, -0.05) is 26.2 Å². The van der Waals surface area contributed by atoms with Crippen LogP contribution >= 0.6 is 0 Å². The number of hydrogen-bond donors (Lipinski definition) is 1. The molecule has 0 amide bonds. The van der Waals surface area contributed by atoms with Crippen LogP contribution in [-0.4, -0.2) is 17.1 Å². The van der Waals surface area contributed by atoms with Gasteiger partial charge in [0.2, 0.25) is 0 Å². The molecule has 2 heteroatoms. The number of hydrogen-bond acceptors (Lipinski definition) is 2. The smallest absolute Gasteiger partial charge is 0.0244 e. The summed E-state index contributed by atoms with van der Waals surface area (Å²) >= 11 is 0. The summed E-state index contributed by atoms with van der Waals surface area (Å²) in [6.45, 7) is 2.32. The Morgan fingerprint density at radius 2 is 1.47 bits per heavy atom. The average molecular weight is 210 g/mol. The van der Waals surface area contributed by atoms with Crippen LogP contribution in [-0.2, 0) is 0 Å². The molecule has 0 aromatic rings. The van der Waals surface area contributed by atoms with E-state index in [0.717, 1.165) is 5.92 Å². The molecular weight excluding hydrogens is 184 g/mol. The molecule has 0 aliphatic heterocycles. The van der Waals surface area contributed by atoms with Gasteiger partial charge < -0.3 is 0 Å². The first-order valence-electron chi connectivity index (χ1n) is 6.84. The second-order valence-electron chi connectivity index (χ2n) is 5.47. The van der Waals surface area contributed by atoms with Crippen molar-refractivity contribution in [3.8, 4) is 0 Å². The summed E-state index contributed by atoms with van der Waals surface area (Å²) in [6, 6.07) is 1.39. The Bertz CT molecular complexity index is 179. The number of nitrogens with zero attached hydrogens (tertiary/aromatic N) is 1. The van der Waals surface area contributed by atoms with Crippen molar-refractivity contribution < 1.29 is 0 Å². The monoisotopic (exact) mass is 210 g/mol. The number of nitrogens with two attached hydrogens (primary N) is 1. The molecule has 0 atom stereocenters. The largest absolute Gasteiger partial charge is 0.268 e. The molecule has 0 saturated heterocycles. The Hall–Kier alpha value is -0.0800. The quantitative estimate of drug-likeness (QED) is 0.573. The standard InChI is InChI=1S/C13H26N2/c1-2-11-7-9-13(10-8-11)15(14)12-5-3-4-6-12/h11-13H,2-10,14H2,1H3. The Labute approximate surface area is 94.2 Å². The van der Waals surface area contributed by atoms with Crippen molar-refractivity contribution in [3.05, 3.63) is 0 Å². The molecule has 2 rings (SSSR count). The van der Waals surface area contributed by atoms with Gasteiger partial charge in [-0.15, -0.1) is 0 Å². The molecule has 0 bridgehead atoms. The molecule has 0 aromatic heterocycles. The van der Waals surface area contributed by atoms with Gasteiger partial charge >= 0.3 is 0 Å². The predicted octanol–water partition coefficient (Wildman–Crippen LogP) is 3.07. The minimum absolute atomic E-state index is 0.691. The molecule has 0 aromatic carbocycles. The van der Waals surface area contributed by atoms with Gasteiger partial charge in [0.15, 0.2) is 0 Å². The third-order valence-corrected chi connectivity index (χ3v) is 4.56. The fraction of sp³-hybridized carbons (Fsp3) is 1.00. The van der Waals surface area contributed by atoms with Crippen LogP contribution in [0.5, 0.6) is 0 Å². The van der Waals surface area contributed by atoms with Crippen LogP contribution in [0.4, 0.5) is 0 Å². The van der Waals surface area contributed by atoms with Crippen LogP contribution in [0, 0.1) is 5.92 Å². The first-order chi connectivity index (χ1) is 7.31. The van der Waals surface area contributed by atoms with Gasteiger partial charge in [-0.3, -0.25) is 5.84 Å². The Morgan fingerprint density at radius 3 is 2.00 bits per heavy atom. The van der Waals surface area contributed by atoms with Crippen molar-refractivity contribution >= 4 is 0 Å². The Kier molecular flexibility index (Phi) is 4.04. The van der Waals surface area contributed by atoms with Crippen LogP contribution in [0.1, 0.15) is 64.7 Å². The van der Waals surface area contributed by atoms with E-state index in [1.54, 1.807) is 0 Å². The molecule has 0 radical (unpaired) electrons. The highest BCUT2D eigenvalue weighted by Crippen LogP contribution is 2.31. The average Bonchev–Trinajstić information content (AvgIpc) is 2.82. The summed E-state index contributed by atoms with van der Waals surface area (Å²) < 4.78 is 0. The van der Waals surface area contributed by atoms with Crippen LogP contribution in [0.3, 0.4) is 0 Å². The maximum absolute atomic E-state index is 6.27. The van der Waals surface area contributed by atoms with Gasteiger partial charge in [-0.05, 0) is 44.4 Å². The lowest BCUT2D eigenvalue weighted by Crippen LogP contribution is -2.48. The second-order valence-corrected chi connectivity index (χ2v) is 5.47. The first kappa shape index (κ1) is 11.4. The fourth-order valence-corrected chi connectivity index (χ4v) is 3.35. The van der Waals surface area contributed by atoms with E-state index in [2.05, 4.69) is 11.9 Å². The van der Waals surface area contributed by atoms with Gasteiger partial charge in [-0.25, -0.2) is 5.01 Å². The lowest BCUT2D eigenvalue weighted by Gasteiger charge is -2.37. The molecule has 88 valence electrons. The molecule has 2 aliphatic carbocycles. The summed E-state index contributed by atoms with van der Waals surface area (Å²) in [5.41, 5.74) is 0. The molecule has 0 spiro atoms. The van der Waals surface area contributed by atoms with E-state index >= 15 is 0 Å². The Morgan fingerprint density at radius 1 is 0.933 bits per heavy atom. The molecule has 2 N–H and O–H groups in total. The molecule has 2 saturated carbocycles. The normalized spacial score (nSPS) is 33.8. The zero-order valence-corrected chi connectivity index (χ0v) is 10.1. The zero-order chi connectivity index (χ0) is 10.7. The van der Waals surface area contributed by atoms with Crippen molar-refractivity contribution in [3.63, 3.8) is 0 Å². The highest BCUT2D eigenvalue weighted by Gasteiger charge is 2.29. The summed E-state index contributed by atoms with van der Waals surface area (Å²) in [5, 5.41) is 2.22. The molecular formula is C13H26N2.